The summed E-state index contributed by atoms with van der Waals surface area (Å²) in [5, 5.41) is 19.6. The second kappa shape index (κ2) is 6.98. The second-order valence-corrected chi connectivity index (χ2v) is 4.82. The maximum absolute atomic E-state index is 11.0. The van der Waals surface area contributed by atoms with Gasteiger partial charge in [0.2, 0.25) is 0 Å². The lowest BCUT2D eigenvalue weighted by Gasteiger charge is -2.33. The van der Waals surface area contributed by atoms with Gasteiger partial charge in [-0.15, -0.1) is 0 Å². The van der Waals surface area contributed by atoms with Crippen LogP contribution in [0.3, 0.4) is 0 Å². The summed E-state index contributed by atoms with van der Waals surface area (Å²) < 4.78 is 5.50. The minimum atomic E-state index is -0.875. The van der Waals surface area contributed by atoms with Gasteiger partial charge in [0.15, 0.2) is 0 Å². The number of carboxylic acids is 1. The number of aromatic nitrogens is 1. The van der Waals surface area contributed by atoms with Gasteiger partial charge >= 0.3 is 11.7 Å². The van der Waals surface area contributed by atoms with Gasteiger partial charge < -0.3 is 14.7 Å². The minimum absolute atomic E-state index is 0.00254. The van der Waals surface area contributed by atoms with Crippen LogP contribution in [0, 0.1) is 10.1 Å². The molecule has 1 aliphatic heterocycles. The Morgan fingerprint density at radius 3 is 2.86 bits per heavy atom. The van der Waals surface area contributed by atoms with Crippen molar-refractivity contribution in [3.8, 4) is 0 Å². The first-order valence-corrected chi connectivity index (χ1v) is 6.74. The van der Waals surface area contributed by atoms with Crippen LogP contribution in [0.2, 0.25) is 0 Å². The number of carboxylic acid groups (broad SMARTS) is 1. The molecule has 0 saturated carbocycles. The summed E-state index contributed by atoms with van der Waals surface area (Å²) in [6.07, 6.45) is 4.25. The number of ether oxygens (including phenoxy) is 1. The van der Waals surface area contributed by atoms with E-state index in [1.807, 2.05) is 4.90 Å². The first-order valence-electron chi connectivity index (χ1n) is 6.74. The maximum Gasteiger partial charge on any atom is 0.310 e. The zero-order valence-electron chi connectivity index (χ0n) is 11.5. The van der Waals surface area contributed by atoms with Crippen LogP contribution in [0.15, 0.2) is 18.5 Å². The summed E-state index contributed by atoms with van der Waals surface area (Å²) in [4.78, 5) is 26.7. The lowest BCUT2D eigenvalue weighted by atomic mass is 10.1. The van der Waals surface area contributed by atoms with Crippen molar-refractivity contribution in [1.29, 1.82) is 0 Å². The molecule has 2 heterocycles. The van der Waals surface area contributed by atoms with Crippen molar-refractivity contribution >= 4 is 17.3 Å². The topological polar surface area (TPSA) is 106 Å². The number of aliphatic carboxylic acids is 1. The van der Waals surface area contributed by atoms with Crippen LogP contribution in [0.5, 0.6) is 0 Å². The molecule has 0 aliphatic carbocycles. The fraction of sp³-hybridized carbons (Fsp3) is 0.538. The van der Waals surface area contributed by atoms with Gasteiger partial charge in [0.25, 0.3) is 0 Å². The van der Waals surface area contributed by atoms with E-state index in [0.717, 1.165) is 12.8 Å². The van der Waals surface area contributed by atoms with E-state index in [4.69, 9.17) is 9.84 Å². The number of hydrogen-bond acceptors (Lipinski definition) is 6. The standard InChI is InChI=1S/C13H17N3O5/c17-13(18)4-8-21-10-2-6-15(7-3-10)11-1-5-14-9-12(11)16(19)20/h1,5,9-10H,2-4,6-8H2,(H,17,18). The molecule has 0 atom stereocenters. The molecule has 1 saturated heterocycles. The minimum Gasteiger partial charge on any atom is -0.481 e. The van der Waals surface area contributed by atoms with Crippen molar-refractivity contribution in [2.45, 2.75) is 25.4 Å². The average Bonchev–Trinajstić information content (AvgIpc) is 2.47. The van der Waals surface area contributed by atoms with E-state index in [0.29, 0.717) is 18.8 Å². The van der Waals surface area contributed by atoms with E-state index in [1.165, 1.54) is 12.4 Å². The summed E-state index contributed by atoms with van der Waals surface area (Å²) in [6.45, 7) is 1.49. The Bertz CT molecular complexity index is 514. The Labute approximate surface area is 121 Å². The highest BCUT2D eigenvalue weighted by atomic mass is 16.6. The third-order valence-corrected chi connectivity index (χ3v) is 3.43. The van der Waals surface area contributed by atoms with Crippen molar-refractivity contribution < 1.29 is 19.6 Å². The monoisotopic (exact) mass is 295 g/mol. The fourth-order valence-electron chi connectivity index (χ4n) is 2.36. The van der Waals surface area contributed by atoms with E-state index in [-0.39, 0.29) is 24.8 Å². The highest BCUT2D eigenvalue weighted by Crippen LogP contribution is 2.29. The van der Waals surface area contributed by atoms with Crippen LogP contribution in [0.4, 0.5) is 11.4 Å². The smallest absolute Gasteiger partial charge is 0.310 e. The Hall–Kier alpha value is -2.22. The van der Waals surface area contributed by atoms with Gasteiger partial charge in [-0.2, -0.15) is 0 Å². The van der Waals surface area contributed by atoms with E-state index in [2.05, 4.69) is 4.98 Å². The Morgan fingerprint density at radius 1 is 1.52 bits per heavy atom. The molecular formula is C13H17N3O5. The molecule has 21 heavy (non-hydrogen) atoms. The van der Waals surface area contributed by atoms with Gasteiger partial charge in [-0.25, -0.2) is 0 Å². The van der Waals surface area contributed by atoms with Gasteiger partial charge in [0.05, 0.1) is 24.1 Å². The van der Waals surface area contributed by atoms with Crippen molar-refractivity contribution in [2.75, 3.05) is 24.6 Å². The predicted octanol–water partition coefficient (Wildman–Crippen LogP) is 1.45. The summed E-state index contributed by atoms with van der Waals surface area (Å²) >= 11 is 0. The number of nitrogens with zero attached hydrogens (tertiary/aromatic N) is 3. The second-order valence-electron chi connectivity index (χ2n) is 4.82. The number of rotatable bonds is 6. The summed E-state index contributed by atoms with van der Waals surface area (Å²) in [5.41, 5.74) is 0.571. The van der Waals surface area contributed by atoms with E-state index < -0.39 is 10.9 Å². The van der Waals surface area contributed by atoms with Crippen LogP contribution in [0.25, 0.3) is 0 Å². The van der Waals surface area contributed by atoms with Crippen LogP contribution in [-0.2, 0) is 9.53 Å². The molecule has 0 spiro atoms. The fourth-order valence-corrected chi connectivity index (χ4v) is 2.36. The zero-order valence-corrected chi connectivity index (χ0v) is 11.5. The first kappa shape index (κ1) is 15.2. The number of anilines is 1. The normalized spacial score (nSPS) is 15.9. The third-order valence-electron chi connectivity index (χ3n) is 3.43. The number of pyridine rings is 1. The van der Waals surface area contributed by atoms with Gasteiger partial charge in [0.1, 0.15) is 11.9 Å². The molecule has 114 valence electrons. The van der Waals surface area contributed by atoms with Gasteiger partial charge in [-0.3, -0.25) is 19.9 Å². The van der Waals surface area contributed by atoms with Crippen molar-refractivity contribution in [3.05, 3.63) is 28.6 Å². The number of piperidine rings is 1. The predicted molar refractivity (Wildman–Crippen MR) is 74.3 cm³/mol. The molecule has 1 aromatic heterocycles. The van der Waals surface area contributed by atoms with Gasteiger partial charge in [0, 0.05) is 19.3 Å². The maximum atomic E-state index is 11.0. The molecule has 2 rings (SSSR count). The van der Waals surface area contributed by atoms with Crippen LogP contribution in [0.1, 0.15) is 19.3 Å². The van der Waals surface area contributed by atoms with Crippen LogP contribution < -0.4 is 4.90 Å². The number of hydrogen-bond donors (Lipinski definition) is 1. The average molecular weight is 295 g/mol. The molecule has 8 nitrogen and oxygen atoms in total. The van der Waals surface area contributed by atoms with Crippen molar-refractivity contribution in [3.63, 3.8) is 0 Å². The molecular weight excluding hydrogens is 278 g/mol. The van der Waals surface area contributed by atoms with Crippen molar-refractivity contribution in [1.82, 2.24) is 4.98 Å². The quantitative estimate of drug-likeness (QED) is 0.625. The molecule has 1 N–H and O–H groups in total. The lowest BCUT2D eigenvalue weighted by molar-refractivity contribution is -0.384. The molecule has 0 radical (unpaired) electrons. The molecule has 0 amide bonds. The number of carbonyl (C=O) groups is 1. The van der Waals surface area contributed by atoms with Crippen molar-refractivity contribution in [2.24, 2.45) is 0 Å². The summed E-state index contributed by atoms with van der Waals surface area (Å²) in [6, 6.07) is 1.64. The molecule has 1 aromatic rings. The highest BCUT2D eigenvalue weighted by molar-refractivity contribution is 5.66. The molecule has 0 bridgehead atoms. The molecule has 8 heteroatoms. The summed E-state index contributed by atoms with van der Waals surface area (Å²) in [5.74, 6) is -0.875. The molecule has 0 aromatic carbocycles. The van der Waals surface area contributed by atoms with Gasteiger partial charge in [-0.1, -0.05) is 0 Å². The largest absolute Gasteiger partial charge is 0.481 e. The lowest BCUT2D eigenvalue weighted by Crippen LogP contribution is -2.37. The molecule has 1 fully saturated rings. The van der Waals surface area contributed by atoms with Crippen LogP contribution in [-0.4, -0.2) is 46.8 Å². The summed E-state index contributed by atoms with van der Waals surface area (Å²) in [7, 11) is 0. The van der Waals surface area contributed by atoms with E-state index >= 15 is 0 Å². The highest BCUT2D eigenvalue weighted by Gasteiger charge is 2.25. The third kappa shape index (κ3) is 4.12. The Morgan fingerprint density at radius 2 is 2.24 bits per heavy atom. The molecule has 0 unspecified atom stereocenters. The van der Waals surface area contributed by atoms with E-state index in [9.17, 15) is 14.9 Å². The first-order chi connectivity index (χ1) is 10.1. The number of nitro groups is 1. The Balaban J connectivity index is 1.89. The molecule has 1 aliphatic rings. The van der Waals surface area contributed by atoms with Crippen LogP contribution >= 0.6 is 0 Å². The SMILES string of the molecule is O=C(O)CCOC1CCN(c2ccncc2[N+](=O)[O-])CC1. The zero-order chi connectivity index (χ0) is 15.2. The van der Waals surface area contributed by atoms with E-state index in [1.54, 1.807) is 6.07 Å². The Kier molecular flexibility index (Phi) is 5.04. The van der Waals surface area contributed by atoms with Gasteiger partial charge in [-0.05, 0) is 18.9 Å².